The van der Waals surface area contributed by atoms with Crippen molar-refractivity contribution in [3.63, 3.8) is 0 Å². The normalized spacial score (nSPS) is 10.7. The Bertz CT molecular complexity index is 568. The molecule has 0 amide bonds. The Morgan fingerprint density at radius 3 is 1.67 bits per heavy atom. The summed E-state index contributed by atoms with van der Waals surface area (Å²) in [7, 11) is -3.46. The van der Waals surface area contributed by atoms with Crippen molar-refractivity contribution in [2.45, 2.75) is 16.7 Å². The Hall–Kier alpha value is -1.21. The number of nitrogens with one attached hydrogen (secondary N) is 1. The molecule has 2 aromatic carbocycles. The van der Waals surface area contributed by atoms with Crippen molar-refractivity contribution in [3.8, 4) is 0 Å². The summed E-state index contributed by atoms with van der Waals surface area (Å²) in [6.45, 7) is 1.91. The van der Waals surface area contributed by atoms with Crippen molar-refractivity contribution in [1.82, 2.24) is 0 Å². The predicted molar refractivity (Wildman–Crippen MR) is 67.1 cm³/mol. The Balaban J connectivity index is 0.00000162. The van der Waals surface area contributed by atoms with E-state index in [0.29, 0.717) is 5.69 Å². The summed E-state index contributed by atoms with van der Waals surface area (Å²) in [5.74, 6) is 0. The SMILES string of the molecule is Cc1ccc(S(=O)(=O)c2ccc([NH-])cc2)cc1.[Li+]. The fraction of sp³-hybridized carbons (Fsp3) is 0.0769. The molecule has 0 aliphatic heterocycles. The molecule has 0 aliphatic carbocycles. The molecule has 0 radical (unpaired) electrons. The van der Waals surface area contributed by atoms with Crippen LogP contribution in [-0.4, -0.2) is 8.42 Å². The average Bonchev–Trinajstić information content (AvgIpc) is 2.30. The van der Waals surface area contributed by atoms with E-state index in [1.807, 2.05) is 6.92 Å². The molecule has 18 heavy (non-hydrogen) atoms. The van der Waals surface area contributed by atoms with Crippen LogP contribution in [0.4, 0.5) is 5.69 Å². The molecule has 3 nitrogen and oxygen atoms in total. The fourth-order valence-corrected chi connectivity index (χ4v) is 2.75. The number of hydrogen-bond donors (Lipinski definition) is 0. The summed E-state index contributed by atoms with van der Waals surface area (Å²) in [5.41, 5.74) is 8.65. The summed E-state index contributed by atoms with van der Waals surface area (Å²) in [6, 6.07) is 12.6. The number of sulfone groups is 1. The van der Waals surface area contributed by atoms with Crippen LogP contribution in [0.5, 0.6) is 0 Å². The zero-order chi connectivity index (χ0) is 12.5. The minimum Gasteiger partial charge on any atom is -0.699 e. The maximum atomic E-state index is 12.2. The van der Waals surface area contributed by atoms with Gasteiger partial charge in [-0.3, -0.25) is 0 Å². The molecular weight excluding hydrogens is 241 g/mol. The van der Waals surface area contributed by atoms with E-state index in [1.54, 1.807) is 24.3 Å². The summed E-state index contributed by atoms with van der Waals surface area (Å²) in [6.07, 6.45) is 0. The molecule has 2 aromatic rings. The molecule has 1 N–H and O–H groups in total. The van der Waals surface area contributed by atoms with Gasteiger partial charge in [0.15, 0.2) is 0 Å². The van der Waals surface area contributed by atoms with Crippen LogP contribution in [-0.2, 0) is 9.84 Å². The molecule has 0 aromatic heterocycles. The van der Waals surface area contributed by atoms with Crippen LogP contribution in [0.25, 0.3) is 5.73 Å². The fourth-order valence-electron chi connectivity index (χ4n) is 1.49. The average molecular weight is 253 g/mol. The summed E-state index contributed by atoms with van der Waals surface area (Å²) >= 11 is 0. The molecular formula is C13H12LiNO2S. The van der Waals surface area contributed by atoms with E-state index in [-0.39, 0.29) is 28.7 Å². The molecule has 0 spiro atoms. The maximum Gasteiger partial charge on any atom is 1.00 e. The molecule has 2 rings (SSSR count). The third-order valence-corrected chi connectivity index (χ3v) is 4.28. The van der Waals surface area contributed by atoms with Gasteiger partial charge in [0, 0.05) is 0 Å². The second kappa shape index (κ2) is 5.62. The Morgan fingerprint density at radius 1 is 0.833 bits per heavy atom. The number of aryl methyl sites for hydroxylation is 1. The number of hydrogen-bond acceptors (Lipinski definition) is 2. The molecule has 0 bridgehead atoms. The first-order chi connectivity index (χ1) is 8.00. The van der Waals surface area contributed by atoms with Crippen LogP contribution in [0.15, 0.2) is 58.3 Å². The van der Waals surface area contributed by atoms with E-state index in [2.05, 4.69) is 0 Å². The standard InChI is InChI=1S/C13H12NO2S.Li/c1-10-2-6-12(7-3-10)17(15,16)13-8-4-11(14)5-9-13;/h2-9,14H,1H3;/q-1;+1. The summed E-state index contributed by atoms with van der Waals surface area (Å²) in [5, 5.41) is 0. The molecule has 0 fully saturated rings. The van der Waals surface area contributed by atoms with Crippen molar-refractivity contribution in [3.05, 3.63) is 59.8 Å². The predicted octanol–water partition coefficient (Wildman–Crippen LogP) is 0.516. The van der Waals surface area contributed by atoms with Gasteiger partial charge in [0.25, 0.3) is 0 Å². The third-order valence-electron chi connectivity index (χ3n) is 2.50. The van der Waals surface area contributed by atoms with Gasteiger partial charge in [0.2, 0.25) is 9.84 Å². The third kappa shape index (κ3) is 2.97. The minimum absolute atomic E-state index is 0. The van der Waals surface area contributed by atoms with Gasteiger partial charge in [-0.05, 0) is 31.2 Å². The van der Waals surface area contributed by atoms with Crippen LogP contribution >= 0.6 is 0 Å². The number of rotatable bonds is 2. The molecule has 5 heteroatoms. The van der Waals surface area contributed by atoms with Crippen LogP contribution in [0.1, 0.15) is 5.56 Å². The molecule has 0 saturated heterocycles. The van der Waals surface area contributed by atoms with Gasteiger partial charge < -0.3 is 5.73 Å². The first-order valence-electron chi connectivity index (χ1n) is 5.13. The van der Waals surface area contributed by atoms with Gasteiger partial charge in [-0.15, -0.1) is 5.69 Å². The second-order valence-electron chi connectivity index (χ2n) is 3.84. The molecule has 0 unspecified atom stereocenters. The molecule has 0 aliphatic rings. The van der Waals surface area contributed by atoms with Crippen molar-refractivity contribution in [2.24, 2.45) is 0 Å². The van der Waals surface area contributed by atoms with E-state index in [9.17, 15) is 8.42 Å². The monoisotopic (exact) mass is 253 g/mol. The Morgan fingerprint density at radius 2 is 1.22 bits per heavy atom. The van der Waals surface area contributed by atoms with Crippen LogP contribution in [0, 0.1) is 6.92 Å². The van der Waals surface area contributed by atoms with Crippen LogP contribution in [0.3, 0.4) is 0 Å². The smallest absolute Gasteiger partial charge is 0.699 e. The van der Waals surface area contributed by atoms with Gasteiger partial charge in [0.1, 0.15) is 0 Å². The van der Waals surface area contributed by atoms with Crippen molar-refractivity contribution >= 4 is 15.5 Å². The second-order valence-corrected chi connectivity index (χ2v) is 5.79. The van der Waals surface area contributed by atoms with Gasteiger partial charge in [-0.2, -0.15) is 0 Å². The van der Waals surface area contributed by atoms with Gasteiger partial charge in [-0.1, -0.05) is 29.8 Å². The largest absolute Gasteiger partial charge is 1.00 e. The summed E-state index contributed by atoms with van der Waals surface area (Å²) < 4.78 is 24.4. The molecule has 88 valence electrons. The van der Waals surface area contributed by atoms with Gasteiger partial charge in [0.05, 0.1) is 9.79 Å². The topological polar surface area (TPSA) is 57.9 Å². The first kappa shape index (κ1) is 14.8. The number of benzene rings is 2. The van der Waals surface area contributed by atoms with Gasteiger partial charge >= 0.3 is 18.9 Å². The van der Waals surface area contributed by atoms with Crippen LogP contribution < -0.4 is 18.9 Å². The van der Waals surface area contributed by atoms with Crippen molar-refractivity contribution < 1.29 is 27.3 Å². The molecule has 0 atom stereocenters. The molecule has 0 saturated carbocycles. The van der Waals surface area contributed by atoms with Gasteiger partial charge in [-0.25, -0.2) is 8.42 Å². The van der Waals surface area contributed by atoms with Crippen molar-refractivity contribution in [2.75, 3.05) is 0 Å². The Kier molecular flexibility index (Phi) is 4.63. The van der Waals surface area contributed by atoms with E-state index < -0.39 is 9.84 Å². The quantitative estimate of drug-likeness (QED) is 0.732. The maximum absolute atomic E-state index is 12.2. The van der Waals surface area contributed by atoms with Crippen LogP contribution in [0.2, 0.25) is 0 Å². The zero-order valence-corrected chi connectivity index (χ0v) is 11.2. The van der Waals surface area contributed by atoms with E-state index in [0.717, 1.165) is 5.56 Å². The molecule has 0 heterocycles. The first-order valence-corrected chi connectivity index (χ1v) is 6.62. The zero-order valence-electron chi connectivity index (χ0n) is 10.3. The summed E-state index contributed by atoms with van der Waals surface area (Å²) in [4.78, 5) is 0.498. The minimum atomic E-state index is -3.46. The van der Waals surface area contributed by atoms with Crippen molar-refractivity contribution in [1.29, 1.82) is 0 Å². The van der Waals surface area contributed by atoms with E-state index in [4.69, 9.17) is 5.73 Å². The van der Waals surface area contributed by atoms with E-state index >= 15 is 0 Å². The van der Waals surface area contributed by atoms with E-state index in [1.165, 1.54) is 24.3 Å². The Labute approximate surface area is 119 Å².